The van der Waals surface area contributed by atoms with Gasteiger partial charge >= 0.3 is 0 Å². The maximum absolute atomic E-state index is 14.5. The van der Waals surface area contributed by atoms with Crippen LogP contribution in [0.5, 0.6) is 0 Å². The van der Waals surface area contributed by atoms with Gasteiger partial charge in [0.05, 0.1) is 12.6 Å². The van der Waals surface area contributed by atoms with Crippen LogP contribution >= 0.6 is 0 Å². The molecule has 0 saturated heterocycles. The van der Waals surface area contributed by atoms with Crippen molar-refractivity contribution in [2.45, 2.75) is 78.6 Å². The highest BCUT2D eigenvalue weighted by molar-refractivity contribution is 6.08. The molecule has 282 valence electrons. The minimum atomic E-state index is -0.783. The second-order valence-corrected chi connectivity index (χ2v) is 14.0. The second-order valence-electron chi connectivity index (χ2n) is 14.0. The zero-order valence-corrected chi connectivity index (χ0v) is 31.0. The third-order valence-electron chi connectivity index (χ3n) is 9.31. The normalized spacial score (nSPS) is 18.5. The highest BCUT2D eigenvalue weighted by Gasteiger charge is 2.31. The van der Waals surface area contributed by atoms with Crippen molar-refractivity contribution in [3.8, 4) is 0 Å². The molecule has 14 heteroatoms. The topological polar surface area (TPSA) is 182 Å². The molecular weight excluding hydrogens is 690 g/mol. The lowest BCUT2D eigenvalue weighted by Gasteiger charge is -2.29. The number of aryl methyl sites for hydroxylation is 1. The fourth-order valence-corrected chi connectivity index (χ4v) is 6.63. The van der Waals surface area contributed by atoms with Crippen LogP contribution in [0.3, 0.4) is 0 Å². The molecule has 3 atom stereocenters. The van der Waals surface area contributed by atoms with Crippen LogP contribution < -0.4 is 16.0 Å². The number of Topliss-reactive ketones (excluding diaryl/α,β-unsaturated/α-hetero) is 1. The summed E-state index contributed by atoms with van der Waals surface area (Å²) in [7, 11) is 0. The Balaban J connectivity index is 1.40. The first-order valence-corrected chi connectivity index (χ1v) is 18.2. The van der Waals surface area contributed by atoms with Gasteiger partial charge in [0.1, 0.15) is 30.7 Å². The zero-order chi connectivity index (χ0) is 38.5. The van der Waals surface area contributed by atoms with Crippen molar-refractivity contribution in [1.29, 1.82) is 0 Å². The average molecular weight is 736 g/mol. The molecule has 3 aromatic heterocycles. The molecule has 4 bridgehead atoms. The van der Waals surface area contributed by atoms with Gasteiger partial charge in [-0.1, -0.05) is 69.3 Å². The van der Waals surface area contributed by atoms with E-state index in [9.17, 15) is 24.0 Å². The number of aromatic nitrogens is 3. The van der Waals surface area contributed by atoms with E-state index in [0.29, 0.717) is 35.9 Å². The largest absolute Gasteiger partial charge is 0.446 e. The number of fused-ring (bicyclic) bond motifs is 5. The summed E-state index contributed by atoms with van der Waals surface area (Å²) < 4.78 is 13.3. The number of ketones is 1. The van der Waals surface area contributed by atoms with Crippen molar-refractivity contribution in [2.75, 3.05) is 13.1 Å². The van der Waals surface area contributed by atoms with Crippen LogP contribution in [0.1, 0.15) is 120 Å². The predicted molar refractivity (Wildman–Crippen MR) is 198 cm³/mol. The summed E-state index contributed by atoms with van der Waals surface area (Å²) in [6, 6.07) is 14.3. The predicted octanol–water partition coefficient (Wildman–Crippen LogP) is 5.62. The Morgan fingerprint density at radius 2 is 1.69 bits per heavy atom. The molecule has 2 aromatic carbocycles. The van der Waals surface area contributed by atoms with E-state index in [0.717, 1.165) is 5.39 Å². The quantitative estimate of drug-likeness (QED) is 0.171. The van der Waals surface area contributed by atoms with Crippen molar-refractivity contribution in [2.24, 2.45) is 5.92 Å². The van der Waals surface area contributed by atoms with E-state index in [4.69, 9.17) is 8.83 Å². The van der Waals surface area contributed by atoms with E-state index in [1.165, 1.54) is 11.2 Å². The van der Waals surface area contributed by atoms with Crippen molar-refractivity contribution in [1.82, 2.24) is 35.4 Å². The molecule has 54 heavy (non-hydrogen) atoms. The van der Waals surface area contributed by atoms with Crippen LogP contribution in [0.4, 0.5) is 0 Å². The zero-order valence-electron chi connectivity index (χ0n) is 31.0. The molecule has 1 aliphatic rings. The fraction of sp³-hybridized carbons (Fsp3) is 0.375. The number of carbonyl (C=O) groups excluding carboxylic acids is 5. The lowest BCUT2D eigenvalue weighted by molar-refractivity contribution is -0.137. The number of benzene rings is 2. The van der Waals surface area contributed by atoms with E-state index in [1.807, 2.05) is 75.4 Å². The molecule has 1 aliphatic heterocycles. The Labute approximate surface area is 312 Å². The maximum Gasteiger partial charge on any atom is 0.274 e. The summed E-state index contributed by atoms with van der Waals surface area (Å²) in [5.74, 6) is -1.49. The molecule has 0 aliphatic carbocycles. The molecule has 0 unspecified atom stereocenters. The molecule has 5 aromatic rings. The van der Waals surface area contributed by atoms with Gasteiger partial charge in [0.15, 0.2) is 17.2 Å². The van der Waals surface area contributed by atoms with Crippen molar-refractivity contribution in [3.05, 3.63) is 107 Å². The van der Waals surface area contributed by atoms with Gasteiger partial charge in [-0.3, -0.25) is 24.0 Å². The van der Waals surface area contributed by atoms with Crippen LogP contribution in [0.25, 0.3) is 10.9 Å². The van der Waals surface area contributed by atoms with Gasteiger partial charge in [-0.05, 0) is 44.2 Å². The SMILES string of the molecule is CCCC(=O)c1cn(CC(=O)N2CC(=O)N[C@H](CC(C)C)c3nc(co3)C(=O)N[C@@H](C)c3nc(c(C)o3)C(=O)N[C@@H](c3ccccc3)C2)c2ccccc12. The van der Waals surface area contributed by atoms with Crippen LogP contribution in [-0.2, 0) is 16.1 Å². The molecule has 3 N–H and O–H groups in total. The lowest BCUT2D eigenvalue weighted by Crippen LogP contribution is -2.47. The highest BCUT2D eigenvalue weighted by Crippen LogP contribution is 2.26. The highest BCUT2D eigenvalue weighted by atomic mass is 16.4. The Morgan fingerprint density at radius 1 is 0.944 bits per heavy atom. The van der Waals surface area contributed by atoms with Crippen molar-refractivity contribution in [3.63, 3.8) is 0 Å². The van der Waals surface area contributed by atoms with Gasteiger partial charge in [-0.2, -0.15) is 0 Å². The Hall–Kier alpha value is -6.05. The number of nitrogens with zero attached hydrogens (tertiary/aromatic N) is 4. The molecule has 4 heterocycles. The summed E-state index contributed by atoms with van der Waals surface area (Å²) in [6.07, 6.45) is 4.39. The number of nitrogens with one attached hydrogen (secondary N) is 3. The van der Waals surface area contributed by atoms with Gasteiger partial charge in [0.2, 0.25) is 23.6 Å². The first-order chi connectivity index (χ1) is 25.9. The number of rotatable bonds is 8. The average Bonchev–Trinajstić information content (AvgIpc) is 3.88. The summed E-state index contributed by atoms with van der Waals surface area (Å²) >= 11 is 0. The van der Waals surface area contributed by atoms with E-state index in [1.54, 1.807) is 24.6 Å². The summed E-state index contributed by atoms with van der Waals surface area (Å²) in [6.45, 7) is 8.51. The van der Waals surface area contributed by atoms with Crippen molar-refractivity contribution >= 4 is 40.3 Å². The molecule has 0 saturated carbocycles. The summed E-state index contributed by atoms with van der Waals surface area (Å²) in [5.41, 5.74) is 1.91. The molecule has 6 rings (SSSR count). The van der Waals surface area contributed by atoms with E-state index < -0.39 is 41.8 Å². The van der Waals surface area contributed by atoms with Crippen molar-refractivity contribution < 1.29 is 32.8 Å². The number of amides is 4. The van der Waals surface area contributed by atoms with Crippen LogP contribution in [0.15, 0.2) is 75.9 Å². The minimum absolute atomic E-state index is 0.00658. The number of carbonyl (C=O) groups is 5. The standard InChI is InChI=1S/C40H45N7O7/c1-6-12-33(48)28-18-46(32-16-11-10-15-27(28)32)21-35(50)47-19-30(26-13-8-7-9-14-26)43-38(52)36-25(5)54-39(45-36)24(4)41-37(51)31-22-53-40(44-31)29(17-23(2)3)42-34(49)20-47/h7-11,13-16,18,22-24,29-30H,6,12,17,19-21H2,1-5H3,(H,41,51)(H,42,49)(H,43,52)/t24-,29+,30+/m0/s1. The molecule has 4 amide bonds. The van der Waals surface area contributed by atoms with Crippen LogP contribution in [0, 0.1) is 12.8 Å². The third-order valence-corrected chi connectivity index (χ3v) is 9.31. The second kappa shape index (κ2) is 16.3. The first kappa shape index (κ1) is 37.7. The molecule has 0 fully saturated rings. The van der Waals surface area contributed by atoms with E-state index >= 15 is 0 Å². The van der Waals surface area contributed by atoms with Gasteiger partial charge in [-0.25, -0.2) is 9.97 Å². The molecule has 14 nitrogen and oxygen atoms in total. The maximum atomic E-state index is 14.5. The Kier molecular flexibility index (Phi) is 11.4. The van der Waals surface area contributed by atoms with Crippen LogP contribution in [0.2, 0.25) is 0 Å². The number of hydrogen-bond acceptors (Lipinski definition) is 9. The fourth-order valence-electron chi connectivity index (χ4n) is 6.63. The summed E-state index contributed by atoms with van der Waals surface area (Å²) in [4.78, 5) is 78.8. The molecule has 0 spiro atoms. The van der Waals surface area contributed by atoms with Crippen LogP contribution in [-0.4, -0.2) is 61.9 Å². The van der Waals surface area contributed by atoms with E-state index in [-0.39, 0.29) is 60.3 Å². The van der Waals surface area contributed by atoms with Gasteiger partial charge < -0.3 is 34.3 Å². The first-order valence-electron chi connectivity index (χ1n) is 18.2. The van der Waals surface area contributed by atoms with Gasteiger partial charge in [0.25, 0.3) is 11.8 Å². The number of para-hydroxylation sites is 1. The van der Waals surface area contributed by atoms with E-state index in [2.05, 4.69) is 25.9 Å². The molecule has 0 radical (unpaired) electrons. The smallest absolute Gasteiger partial charge is 0.274 e. The van der Waals surface area contributed by atoms with Gasteiger partial charge in [0, 0.05) is 35.6 Å². The number of hydrogen-bond donors (Lipinski definition) is 3. The summed E-state index contributed by atoms with van der Waals surface area (Å²) in [5, 5.41) is 9.49. The third kappa shape index (κ3) is 8.43. The Morgan fingerprint density at radius 3 is 2.43 bits per heavy atom. The molecular formula is C40H45N7O7. The minimum Gasteiger partial charge on any atom is -0.446 e. The van der Waals surface area contributed by atoms with Gasteiger partial charge in [-0.15, -0.1) is 0 Å². The lowest BCUT2D eigenvalue weighted by atomic mass is 10.0. The number of oxazole rings is 2. The monoisotopic (exact) mass is 735 g/mol. The Bertz CT molecular complexity index is 2170.